The fourth-order valence-corrected chi connectivity index (χ4v) is 1.27. The van der Waals surface area contributed by atoms with E-state index in [0.717, 1.165) is 5.75 Å². The summed E-state index contributed by atoms with van der Waals surface area (Å²) in [7, 11) is 2.68. The molecule has 0 unspecified atom stereocenters. The van der Waals surface area contributed by atoms with Crippen molar-refractivity contribution in [1.29, 1.82) is 0 Å². The molecule has 17 heavy (non-hydrogen) atoms. The van der Waals surface area contributed by atoms with Gasteiger partial charge >= 0.3 is 11.9 Å². The van der Waals surface area contributed by atoms with Gasteiger partial charge in [0.05, 0.1) is 13.7 Å². The van der Waals surface area contributed by atoms with Crippen molar-refractivity contribution in [3.63, 3.8) is 0 Å². The van der Waals surface area contributed by atoms with E-state index in [9.17, 15) is 9.59 Å². The van der Waals surface area contributed by atoms with Gasteiger partial charge in [-0.25, -0.2) is 4.79 Å². The molecule has 0 atom stereocenters. The van der Waals surface area contributed by atoms with Gasteiger partial charge in [0, 0.05) is 12.7 Å². The van der Waals surface area contributed by atoms with E-state index in [4.69, 9.17) is 4.74 Å². The highest BCUT2D eigenvalue weighted by atomic mass is 16.5. The Hall–Kier alpha value is -2.04. The molecule has 0 N–H and O–H groups in total. The number of carbonyl (C=O) groups excluding carboxylic acids is 2. The lowest BCUT2D eigenvalue weighted by Crippen LogP contribution is -2.33. The molecular formula is C12H15NO4. The molecule has 5 nitrogen and oxygen atoms in total. The summed E-state index contributed by atoms with van der Waals surface area (Å²) in [6.07, 6.45) is 0. The summed E-state index contributed by atoms with van der Waals surface area (Å²) in [5.41, 5.74) is 0.601. The number of hydrogen-bond acceptors (Lipinski definition) is 4. The third-order valence-corrected chi connectivity index (χ3v) is 2.20. The van der Waals surface area contributed by atoms with Crippen LogP contribution in [0.4, 0.5) is 5.69 Å². The molecule has 0 aliphatic carbocycles. The minimum absolute atomic E-state index is 0.580. The van der Waals surface area contributed by atoms with Crippen LogP contribution in [0.5, 0.6) is 5.75 Å². The first-order valence-corrected chi connectivity index (χ1v) is 5.19. The highest BCUT2D eigenvalue weighted by molar-refractivity contribution is 6.37. The van der Waals surface area contributed by atoms with Crippen LogP contribution in [0.3, 0.4) is 0 Å². The number of ether oxygens (including phenoxy) is 2. The van der Waals surface area contributed by atoms with E-state index in [-0.39, 0.29) is 0 Å². The van der Waals surface area contributed by atoms with Crippen LogP contribution in [0.1, 0.15) is 6.92 Å². The lowest BCUT2D eigenvalue weighted by molar-refractivity contribution is -0.151. The Morgan fingerprint density at radius 3 is 2.29 bits per heavy atom. The molecule has 0 bridgehead atoms. The summed E-state index contributed by atoms with van der Waals surface area (Å²) in [6, 6.07) is 6.87. The maximum atomic E-state index is 11.5. The minimum atomic E-state index is -0.888. The summed E-state index contributed by atoms with van der Waals surface area (Å²) in [5.74, 6) is -0.881. The first-order chi connectivity index (χ1) is 8.10. The molecule has 5 heteroatoms. The number of carbonyl (C=O) groups is 2. The first-order valence-electron chi connectivity index (χ1n) is 5.19. The SMILES string of the molecule is CCOc1ccc(N(C)C(=O)C(=O)OC)cc1. The maximum absolute atomic E-state index is 11.5. The normalized spacial score (nSPS) is 9.59. The van der Waals surface area contributed by atoms with Crippen molar-refractivity contribution in [2.75, 3.05) is 25.7 Å². The molecule has 0 aliphatic rings. The Labute approximate surface area is 99.9 Å². The van der Waals surface area contributed by atoms with Crippen LogP contribution in [-0.4, -0.2) is 32.6 Å². The van der Waals surface area contributed by atoms with Gasteiger partial charge in [0.25, 0.3) is 0 Å². The molecule has 1 aromatic rings. The van der Waals surface area contributed by atoms with E-state index >= 15 is 0 Å². The summed E-state index contributed by atoms with van der Waals surface area (Å²) in [5, 5.41) is 0. The fourth-order valence-electron chi connectivity index (χ4n) is 1.27. The van der Waals surface area contributed by atoms with Crippen molar-refractivity contribution >= 4 is 17.6 Å². The number of rotatable bonds is 3. The number of anilines is 1. The van der Waals surface area contributed by atoms with Crippen molar-refractivity contribution in [1.82, 2.24) is 0 Å². The van der Waals surface area contributed by atoms with E-state index in [2.05, 4.69) is 4.74 Å². The molecule has 0 saturated heterocycles. The van der Waals surface area contributed by atoms with Gasteiger partial charge in [-0.3, -0.25) is 4.79 Å². The van der Waals surface area contributed by atoms with Crippen LogP contribution < -0.4 is 9.64 Å². The lowest BCUT2D eigenvalue weighted by atomic mass is 10.3. The van der Waals surface area contributed by atoms with Gasteiger partial charge in [0.2, 0.25) is 0 Å². The van der Waals surface area contributed by atoms with E-state index in [1.807, 2.05) is 6.92 Å². The fraction of sp³-hybridized carbons (Fsp3) is 0.333. The molecule has 0 heterocycles. The van der Waals surface area contributed by atoms with Crippen LogP contribution in [0.2, 0.25) is 0 Å². The third kappa shape index (κ3) is 3.21. The van der Waals surface area contributed by atoms with Gasteiger partial charge in [-0.05, 0) is 31.2 Å². The zero-order valence-electron chi connectivity index (χ0n) is 10.1. The summed E-state index contributed by atoms with van der Waals surface area (Å²) >= 11 is 0. The van der Waals surface area contributed by atoms with E-state index in [1.165, 1.54) is 19.1 Å². The molecule has 0 fully saturated rings. The quantitative estimate of drug-likeness (QED) is 0.586. The van der Waals surface area contributed by atoms with E-state index in [0.29, 0.717) is 12.3 Å². The molecule has 1 aromatic carbocycles. The molecule has 0 saturated carbocycles. The van der Waals surface area contributed by atoms with E-state index < -0.39 is 11.9 Å². The predicted octanol–water partition coefficient (Wildman–Crippen LogP) is 1.22. The molecule has 0 aliphatic heterocycles. The molecular weight excluding hydrogens is 222 g/mol. The van der Waals surface area contributed by atoms with Crippen LogP contribution in [0.15, 0.2) is 24.3 Å². The topological polar surface area (TPSA) is 55.8 Å². The zero-order chi connectivity index (χ0) is 12.8. The molecule has 92 valence electrons. The predicted molar refractivity (Wildman–Crippen MR) is 63.0 cm³/mol. The Morgan fingerprint density at radius 1 is 1.24 bits per heavy atom. The number of esters is 1. The summed E-state index contributed by atoms with van der Waals surface area (Å²) in [4.78, 5) is 23.8. The van der Waals surface area contributed by atoms with Crippen molar-refractivity contribution in [3.8, 4) is 5.75 Å². The molecule has 0 spiro atoms. The van der Waals surface area contributed by atoms with Crippen molar-refractivity contribution in [2.45, 2.75) is 6.92 Å². The first kappa shape index (κ1) is 13.0. The standard InChI is InChI=1S/C12H15NO4/c1-4-17-10-7-5-9(6-8-10)13(2)11(14)12(15)16-3/h5-8H,4H2,1-3H3. The number of benzene rings is 1. The van der Waals surface area contributed by atoms with Gasteiger partial charge in [-0.1, -0.05) is 0 Å². The maximum Gasteiger partial charge on any atom is 0.397 e. The monoisotopic (exact) mass is 237 g/mol. The third-order valence-electron chi connectivity index (χ3n) is 2.20. The van der Waals surface area contributed by atoms with E-state index in [1.54, 1.807) is 24.3 Å². The van der Waals surface area contributed by atoms with Gasteiger partial charge in [-0.15, -0.1) is 0 Å². The molecule has 0 aromatic heterocycles. The van der Waals surface area contributed by atoms with Gasteiger partial charge < -0.3 is 14.4 Å². The van der Waals surface area contributed by atoms with Crippen LogP contribution in [0.25, 0.3) is 0 Å². The van der Waals surface area contributed by atoms with Gasteiger partial charge in [0.15, 0.2) is 0 Å². The number of hydrogen-bond donors (Lipinski definition) is 0. The summed E-state index contributed by atoms with van der Waals surface area (Å²) in [6.45, 7) is 2.47. The highest BCUT2D eigenvalue weighted by Gasteiger charge is 2.20. The van der Waals surface area contributed by atoms with Gasteiger partial charge in [-0.2, -0.15) is 0 Å². The number of likely N-dealkylation sites (N-methyl/N-ethyl adjacent to an activating group) is 1. The molecule has 1 amide bonds. The smallest absolute Gasteiger partial charge is 0.397 e. The number of methoxy groups -OCH3 is 1. The largest absolute Gasteiger partial charge is 0.494 e. The second-order valence-electron chi connectivity index (χ2n) is 3.28. The Morgan fingerprint density at radius 2 is 1.82 bits per heavy atom. The zero-order valence-corrected chi connectivity index (χ0v) is 10.1. The minimum Gasteiger partial charge on any atom is -0.494 e. The molecule has 0 radical (unpaired) electrons. The van der Waals surface area contributed by atoms with Crippen LogP contribution >= 0.6 is 0 Å². The van der Waals surface area contributed by atoms with Crippen LogP contribution in [0, 0.1) is 0 Å². The highest BCUT2D eigenvalue weighted by Crippen LogP contribution is 2.18. The van der Waals surface area contributed by atoms with Crippen molar-refractivity contribution < 1.29 is 19.1 Å². The second-order valence-corrected chi connectivity index (χ2v) is 3.28. The lowest BCUT2D eigenvalue weighted by Gasteiger charge is -2.15. The van der Waals surface area contributed by atoms with Crippen molar-refractivity contribution in [3.05, 3.63) is 24.3 Å². The average Bonchev–Trinajstić information content (AvgIpc) is 2.37. The van der Waals surface area contributed by atoms with Crippen molar-refractivity contribution in [2.24, 2.45) is 0 Å². The Kier molecular flexibility index (Phi) is 4.51. The number of nitrogens with zero attached hydrogens (tertiary/aromatic N) is 1. The van der Waals surface area contributed by atoms with Crippen LogP contribution in [-0.2, 0) is 14.3 Å². The number of amides is 1. The average molecular weight is 237 g/mol. The molecule has 1 rings (SSSR count). The summed E-state index contributed by atoms with van der Waals surface area (Å²) < 4.78 is 9.64. The second kappa shape index (κ2) is 5.89. The Balaban J connectivity index is 2.79. The Bertz CT molecular complexity index is 399. The van der Waals surface area contributed by atoms with Gasteiger partial charge in [0.1, 0.15) is 5.75 Å².